The molecular formula is C13H19N5O2S. The average Bonchev–Trinajstić information content (AvgIpc) is 2.87. The van der Waals surface area contributed by atoms with Crippen LogP contribution in [-0.2, 0) is 10.0 Å². The first-order valence-corrected chi connectivity index (χ1v) is 8.18. The van der Waals surface area contributed by atoms with Gasteiger partial charge in [-0.05, 0) is 26.8 Å². The van der Waals surface area contributed by atoms with Crippen LogP contribution in [0.25, 0.3) is 0 Å². The molecule has 2 aromatic heterocycles. The van der Waals surface area contributed by atoms with Gasteiger partial charge in [0.1, 0.15) is 10.7 Å². The van der Waals surface area contributed by atoms with Crippen LogP contribution in [0.5, 0.6) is 0 Å². The van der Waals surface area contributed by atoms with Crippen molar-refractivity contribution in [2.75, 3.05) is 16.6 Å². The number of aromatic nitrogens is 3. The maximum atomic E-state index is 12.5. The van der Waals surface area contributed by atoms with Crippen LogP contribution >= 0.6 is 0 Å². The highest BCUT2D eigenvalue weighted by Crippen LogP contribution is 2.23. The third-order valence-electron chi connectivity index (χ3n) is 2.84. The average molecular weight is 309 g/mol. The van der Waals surface area contributed by atoms with E-state index in [1.54, 1.807) is 29.2 Å². The van der Waals surface area contributed by atoms with E-state index in [4.69, 9.17) is 0 Å². The van der Waals surface area contributed by atoms with Gasteiger partial charge in [0.15, 0.2) is 0 Å². The molecule has 0 unspecified atom stereocenters. The molecular weight excluding hydrogens is 290 g/mol. The van der Waals surface area contributed by atoms with E-state index in [1.165, 1.54) is 6.20 Å². The Kier molecular flexibility index (Phi) is 4.46. The van der Waals surface area contributed by atoms with E-state index in [9.17, 15) is 8.42 Å². The van der Waals surface area contributed by atoms with Crippen LogP contribution in [0.15, 0.2) is 35.6 Å². The van der Waals surface area contributed by atoms with Crippen molar-refractivity contribution in [3.05, 3.63) is 30.7 Å². The van der Waals surface area contributed by atoms with Crippen molar-refractivity contribution in [3.8, 4) is 0 Å². The van der Waals surface area contributed by atoms with E-state index in [0.717, 1.165) is 0 Å². The number of nitrogens with zero attached hydrogens (tertiary/aromatic N) is 3. The van der Waals surface area contributed by atoms with Crippen molar-refractivity contribution >= 4 is 21.5 Å². The molecule has 2 aromatic rings. The van der Waals surface area contributed by atoms with Crippen molar-refractivity contribution in [2.45, 2.75) is 31.7 Å². The molecule has 21 heavy (non-hydrogen) atoms. The molecule has 0 radical (unpaired) electrons. The molecule has 0 atom stereocenters. The minimum Gasteiger partial charge on any atom is -0.384 e. The monoisotopic (exact) mass is 309 g/mol. The lowest BCUT2D eigenvalue weighted by Crippen LogP contribution is -2.19. The van der Waals surface area contributed by atoms with Gasteiger partial charge in [-0.25, -0.2) is 13.1 Å². The van der Waals surface area contributed by atoms with Crippen molar-refractivity contribution in [3.63, 3.8) is 0 Å². The summed E-state index contributed by atoms with van der Waals surface area (Å²) < 4.78 is 29.2. The third kappa shape index (κ3) is 3.33. The van der Waals surface area contributed by atoms with Crippen LogP contribution in [0.4, 0.5) is 11.5 Å². The van der Waals surface area contributed by atoms with E-state index in [2.05, 4.69) is 20.1 Å². The topological polar surface area (TPSA) is 88.9 Å². The Hall–Kier alpha value is -2.09. The van der Waals surface area contributed by atoms with E-state index >= 15 is 0 Å². The van der Waals surface area contributed by atoms with Crippen molar-refractivity contribution in [2.24, 2.45) is 0 Å². The Bertz CT molecular complexity index is 709. The van der Waals surface area contributed by atoms with Crippen molar-refractivity contribution in [1.29, 1.82) is 0 Å². The fourth-order valence-corrected chi connectivity index (χ4v) is 3.11. The zero-order valence-electron chi connectivity index (χ0n) is 12.2. The van der Waals surface area contributed by atoms with Gasteiger partial charge >= 0.3 is 0 Å². The van der Waals surface area contributed by atoms with Gasteiger partial charge in [0, 0.05) is 31.0 Å². The fraction of sp³-hybridized carbons (Fsp3) is 0.385. The molecule has 0 spiro atoms. The number of rotatable bonds is 6. The zero-order valence-corrected chi connectivity index (χ0v) is 13.1. The molecule has 0 bridgehead atoms. The maximum Gasteiger partial charge on any atom is 0.266 e. The summed E-state index contributed by atoms with van der Waals surface area (Å²) in [5.74, 6) is 0.427. The third-order valence-corrected chi connectivity index (χ3v) is 4.22. The molecule has 0 aliphatic rings. The first-order chi connectivity index (χ1) is 9.95. The minimum absolute atomic E-state index is 0.0554. The molecule has 0 aliphatic carbocycles. The van der Waals surface area contributed by atoms with Gasteiger partial charge in [-0.15, -0.1) is 0 Å². The van der Waals surface area contributed by atoms with Crippen LogP contribution in [-0.4, -0.2) is 29.7 Å². The van der Waals surface area contributed by atoms with Crippen molar-refractivity contribution in [1.82, 2.24) is 14.8 Å². The predicted octanol–water partition coefficient (Wildman–Crippen LogP) is 2.09. The van der Waals surface area contributed by atoms with Crippen LogP contribution in [0.2, 0.25) is 0 Å². The molecule has 8 heteroatoms. The Balaban J connectivity index is 2.37. The number of nitrogens with one attached hydrogen (secondary N) is 2. The van der Waals surface area contributed by atoms with E-state index < -0.39 is 10.0 Å². The fourth-order valence-electron chi connectivity index (χ4n) is 1.93. The second kappa shape index (κ2) is 6.13. The smallest absolute Gasteiger partial charge is 0.266 e. The molecule has 2 heterocycles. The van der Waals surface area contributed by atoms with Crippen LogP contribution in [0.1, 0.15) is 26.8 Å². The number of pyridine rings is 1. The van der Waals surface area contributed by atoms with Crippen LogP contribution in [0.3, 0.4) is 0 Å². The van der Waals surface area contributed by atoms with Gasteiger partial charge in [-0.3, -0.25) is 9.71 Å². The van der Waals surface area contributed by atoms with Gasteiger partial charge < -0.3 is 5.32 Å². The van der Waals surface area contributed by atoms with E-state index in [0.29, 0.717) is 18.1 Å². The van der Waals surface area contributed by atoms with Gasteiger partial charge in [0.25, 0.3) is 10.0 Å². The highest BCUT2D eigenvalue weighted by molar-refractivity contribution is 7.92. The highest BCUT2D eigenvalue weighted by Gasteiger charge is 2.21. The molecule has 2 N–H and O–H groups in total. The van der Waals surface area contributed by atoms with Crippen LogP contribution in [0, 0.1) is 0 Å². The Morgan fingerprint density at radius 3 is 2.71 bits per heavy atom. The SMILES string of the molecule is CCNc1ccncc1S(=O)(=O)Nc1ccnn1C(C)C. The summed E-state index contributed by atoms with van der Waals surface area (Å²) in [4.78, 5) is 4.01. The summed E-state index contributed by atoms with van der Waals surface area (Å²) in [7, 11) is -3.73. The Morgan fingerprint density at radius 1 is 1.29 bits per heavy atom. The molecule has 0 aliphatic heterocycles. The first kappa shape index (κ1) is 15.3. The van der Waals surface area contributed by atoms with Gasteiger partial charge in [-0.2, -0.15) is 5.10 Å². The summed E-state index contributed by atoms with van der Waals surface area (Å²) in [6.45, 7) is 6.38. The lowest BCUT2D eigenvalue weighted by atomic mass is 10.4. The molecule has 0 saturated carbocycles. The number of hydrogen-bond acceptors (Lipinski definition) is 5. The Morgan fingerprint density at radius 2 is 2.05 bits per heavy atom. The number of hydrogen-bond donors (Lipinski definition) is 2. The summed E-state index contributed by atoms with van der Waals surface area (Å²) in [5, 5.41) is 7.13. The minimum atomic E-state index is -3.73. The highest BCUT2D eigenvalue weighted by atomic mass is 32.2. The lowest BCUT2D eigenvalue weighted by Gasteiger charge is -2.15. The number of sulfonamides is 1. The molecule has 0 saturated heterocycles. The molecule has 0 amide bonds. The Labute approximate surface area is 124 Å². The second-order valence-corrected chi connectivity index (χ2v) is 6.41. The molecule has 0 aromatic carbocycles. The lowest BCUT2D eigenvalue weighted by molar-refractivity contribution is 0.539. The maximum absolute atomic E-state index is 12.5. The predicted molar refractivity (Wildman–Crippen MR) is 81.8 cm³/mol. The number of anilines is 2. The first-order valence-electron chi connectivity index (χ1n) is 6.70. The van der Waals surface area contributed by atoms with Gasteiger partial charge in [-0.1, -0.05) is 0 Å². The second-order valence-electron chi connectivity index (χ2n) is 4.76. The van der Waals surface area contributed by atoms with E-state index in [-0.39, 0.29) is 10.9 Å². The summed E-state index contributed by atoms with van der Waals surface area (Å²) in [6, 6.07) is 3.32. The molecule has 0 fully saturated rings. The molecule has 7 nitrogen and oxygen atoms in total. The summed E-state index contributed by atoms with van der Waals surface area (Å²) >= 11 is 0. The van der Waals surface area contributed by atoms with Crippen LogP contribution < -0.4 is 10.0 Å². The van der Waals surface area contributed by atoms with Crippen molar-refractivity contribution < 1.29 is 8.42 Å². The summed E-state index contributed by atoms with van der Waals surface area (Å²) in [5.41, 5.74) is 0.524. The normalized spacial score (nSPS) is 11.6. The van der Waals surface area contributed by atoms with E-state index in [1.807, 2.05) is 20.8 Å². The quantitative estimate of drug-likeness (QED) is 0.853. The van der Waals surface area contributed by atoms with Gasteiger partial charge in [0.05, 0.1) is 11.9 Å². The summed E-state index contributed by atoms with van der Waals surface area (Å²) in [6.07, 6.45) is 4.44. The largest absolute Gasteiger partial charge is 0.384 e. The molecule has 114 valence electrons. The standard InChI is InChI=1S/C13H19N5O2S/c1-4-15-11-5-7-14-9-12(11)21(19,20)17-13-6-8-16-18(13)10(2)3/h5-10,17H,4H2,1-3H3,(H,14,15). The molecule has 2 rings (SSSR count). The zero-order chi connectivity index (χ0) is 15.5. The van der Waals surface area contributed by atoms with Gasteiger partial charge in [0.2, 0.25) is 0 Å².